The van der Waals surface area contributed by atoms with Gasteiger partial charge in [0, 0.05) is 31.6 Å². The third-order valence-electron chi connectivity index (χ3n) is 3.24. The number of hydrogen-bond acceptors (Lipinski definition) is 3. The molecular weight excluding hydrogens is 249 g/mol. The van der Waals surface area contributed by atoms with E-state index in [-0.39, 0.29) is 12.2 Å². The third-order valence-corrected chi connectivity index (χ3v) is 3.24. The molecule has 5 heteroatoms. The molecule has 0 amide bonds. The van der Waals surface area contributed by atoms with Gasteiger partial charge in [-0.1, -0.05) is 12.1 Å². The molecule has 0 atom stereocenters. The average Bonchev–Trinajstić information content (AvgIpc) is 2.40. The zero-order valence-corrected chi connectivity index (χ0v) is 10.8. The summed E-state index contributed by atoms with van der Waals surface area (Å²) >= 11 is 0. The minimum atomic E-state index is -0.863. The largest absolute Gasteiger partial charge is 0.481 e. The quantitative estimate of drug-likeness (QED) is 0.881. The van der Waals surface area contributed by atoms with Crippen LogP contribution in [0, 0.1) is 5.82 Å². The van der Waals surface area contributed by atoms with Crippen LogP contribution in [0.5, 0.6) is 0 Å². The highest BCUT2D eigenvalue weighted by Gasteiger charge is 2.13. The van der Waals surface area contributed by atoms with Gasteiger partial charge in [-0.05, 0) is 18.1 Å². The lowest BCUT2D eigenvalue weighted by atomic mass is 10.1. The summed E-state index contributed by atoms with van der Waals surface area (Å²) in [5.74, 6) is -1.12. The molecule has 0 unspecified atom stereocenters. The van der Waals surface area contributed by atoms with Crippen LogP contribution < -0.4 is 0 Å². The Hall–Kier alpha value is -1.46. The second-order valence-corrected chi connectivity index (χ2v) is 4.71. The number of carbonyl (C=O) groups is 1. The van der Waals surface area contributed by atoms with Gasteiger partial charge < -0.3 is 9.84 Å². The zero-order valence-electron chi connectivity index (χ0n) is 10.8. The lowest BCUT2D eigenvalue weighted by molar-refractivity contribution is -0.136. The van der Waals surface area contributed by atoms with Crippen molar-refractivity contribution in [3.05, 3.63) is 35.1 Å². The van der Waals surface area contributed by atoms with Crippen LogP contribution in [0.1, 0.15) is 17.5 Å². The number of benzene rings is 1. The Balaban J connectivity index is 1.96. The maximum absolute atomic E-state index is 13.9. The SMILES string of the molecule is O=C(O)CCc1ccc(CN2CCOCC2)c(F)c1. The lowest BCUT2D eigenvalue weighted by Crippen LogP contribution is -2.35. The number of aryl methyl sites for hydroxylation is 1. The van der Waals surface area contributed by atoms with Gasteiger partial charge in [-0.3, -0.25) is 9.69 Å². The Bertz CT molecular complexity index is 444. The summed E-state index contributed by atoms with van der Waals surface area (Å²) in [7, 11) is 0. The van der Waals surface area contributed by atoms with E-state index in [1.807, 2.05) is 6.07 Å². The predicted molar refractivity (Wildman–Crippen MR) is 68.5 cm³/mol. The fourth-order valence-corrected chi connectivity index (χ4v) is 2.13. The molecule has 0 radical (unpaired) electrons. The van der Waals surface area contributed by atoms with E-state index in [4.69, 9.17) is 9.84 Å². The van der Waals surface area contributed by atoms with Gasteiger partial charge in [0.15, 0.2) is 0 Å². The molecule has 19 heavy (non-hydrogen) atoms. The lowest BCUT2D eigenvalue weighted by Gasteiger charge is -2.26. The van der Waals surface area contributed by atoms with Crippen molar-refractivity contribution in [3.63, 3.8) is 0 Å². The van der Waals surface area contributed by atoms with E-state index in [0.29, 0.717) is 31.7 Å². The number of morpholine rings is 1. The summed E-state index contributed by atoms with van der Waals surface area (Å²) in [5, 5.41) is 8.60. The van der Waals surface area contributed by atoms with Crippen molar-refractivity contribution in [3.8, 4) is 0 Å². The van der Waals surface area contributed by atoms with Crippen molar-refractivity contribution in [1.82, 2.24) is 4.90 Å². The molecule has 0 spiro atoms. The fourth-order valence-electron chi connectivity index (χ4n) is 2.13. The molecule has 0 aromatic heterocycles. The number of rotatable bonds is 5. The minimum Gasteiger partial charge on any atom is -0.481 e. The van der Waals surface area contributed by atoms with E-state index in [1.165, 1.54) is 6.07 Å². The van der Waals surface area contributed by atoms with E-state index in [1.54, 1.807) is 6.07 Å². The molecule has 1 aliphatic rings. The molecule has 1 fully saturated rings. The highest BCUT2D eigenvalue weighted by atomic mass is 19.1. The molecule has 1 aromatic carbocycles. The van der Waals surface area contributed by atoms with E-state index >= 15 is 0 Å². The second kappa shape index (κ2) is 6.63. The monoisotopic (exact) mass is 267 g/mol. The Kier molecular flexibility index (Phi) is 4.87. The molecule has 4 nitrogen and oxygen atoms in total. The van der Waals surface area contributed by atoms with Crippen molar-refractivity contribution in [2.24, 2.45) is 0 Å². The van der Waals surface area contributed by atoms with Crippen molar-refractivity contribution in [1.29, 1.82) is 0 Å². The van der Waals surface area contributed by atoms with Gasteiger partial charge in [0.2, 0.25) is 0 Å². The van der Waals surface area contributed by atoms with Crippen LogP contribution in [-0.4, -0.2) is 42.3 Å². The van der Waals surface area contributed by atoms with Crippen LogP contribution in [0.25, 0.3) is 0 Å². The Morgan fingerprint density at radius 1 is 1.37 bits per heavy atom. The molecular formula is C14H18FNO3. The first-order chi connectivity index (χ1) is 9.15. The topological polar surface area (TPSA) is 49.8 Å². The summed E-state index contributed by atoms with van der Waals surface area (Å²) < 4.78 is 19.2. The van der Waals surface area contributed by atoms with Crippen LogP contribution in [0.4, 0.5) is 4.39 Å². The van der Waals surface area contributed by atoms with Gasteiger partial charge in [-0.2, -0.15) is 0 Å². The molecule has 104 valence electrons. The number of halogens is 1. The van der Waals surface area contributed by atoms with Gasteiger partial charge in [0.1, 0.15) is 5.82 Å². The smallest absolute Gasteiger partial charge is 0.303 e. The number of nitrogens with zero attached hydrogens (tertiary/aromatic N) is 1. The van der Waals surface area contributed by atoms with Crippen molar-refractivity contribution < 1.29 is 19.0 Å². The van der Waals surface area contributed by atoms with E-state index in [9.17, 15) is 9.18 Å². The Labute approximate surface area is 111 Å². The van der Waals surface area contributed by atoms with Crippen molar-refractivity contribution >= 4 is 5.97 Å². The van der Waals surface area contributed by atoms with Crippen molar-refractivity contribution in [2.45, 2.75) is 19.4 Å². The summed E-state index contributed by atoms with van der Waals surface area (Å²) in [5.41, 5.74) is 1.38. The van der Waals surface area contributed by atoms with Gasteiger partial charge in [0.25, 0.3) is 0 Å². The van der Waals surface area contributed by atoms with E-state index in [2.05, 4.69) is 4.90 Å². The third kappa shape index (κ3) is 4.29. The van der Waals surface area contributed by atoms with Crippen LogP contribution in [-0.2, 0) is 22.5 Å². The molecule has 0 bridgehead atoms. The first-order valence-corrected chi connectivity index (χ1v) is 6.44. The predicted octanol–water partition coefficient (Wildman–Crippen LogP) is 1.68. The van der Waals surface area contributed by atoms with Crippen LogP contribution in [0.2, 0.25) is 0 Å². The second-order valence-electron chi connectivity index (χ2n) is 4.71. The first-order valence-electron chi connectivity index (χ1n) is 6.44. The van der Waals surface area contributed by atoms with Gasteiger partial charge in [-0.25, -0.2) is 4.39 Å². The Morgan fingerprint density at radius 3 is 2.74 bits per heavy atom. The highest BCUT2D eigenvalue weighted by molar-refractivity contribution is 5.67. The normalized spacial score (nSPS) is 16.5. The Morgan fingerprint density at radius 2 is 2.11 bits per heavy atom. The molecule has 0 saturated carbocycles. The molecule has 1 saturated heterocycles. The first kappa shape index (κ1) is 14.0. The maximum Gasteiger partial charge on any atom is 0.303 e. The molecule has 0 aliphatic carbocycles. The van der Waals surface area contributed by atoms with E-state index in [0.717, 1.165) is 18.7 Å². The number of carboxylic acids is 1. The minimum absolute atomic E-state index is 0.0300. The van der Waals surface area contributed by atoms with E-state index < -0.39 is 5.97 Å². The van der Waals surface area contributed by atoms with Crippen LogP contribution >= 0.6 is 0 Å². The molecule has 1 heterocycles. The number of carboxylic acid groups (broad SMARTS) is 1. The average molecular weight is 267 g/mol. The molecule has 1 aliphatic heterocycles. The van der Waals surface area contributed by atoms with Gasteiger partial charge in [-0.15, -0.1) is 0 Å². The number of hydrogen-bond donors (Lipinski definition) is 1. The van der Waals surface area contributed by atoms with Crippen molar-refractivity contribution in [2.75, 3.05) is 26.3 Å². The fraction of sp³-hybridized carbons (Fsp3) is 0.500. The standard InChI is InChI=1S/C14H18FNO3/c15-13-9-11(2-4-14(17)18)1-3-12(13)10-16-5-7-19-8-6-16/h1,3,9H,2,4-8,10H2,(H,17,18). The van der Waals surface area contributed by atoms with Crippen LogP contribution in [0.15, 0.2) is 18.2 Å². The highest BCUT2D eigenvalue weighted by Crippen LogP contribution is 2.15. The molecule has 2 rings (SSSR count). The summed E-state index contributed by atoms with van der Waals surface area (Å²) in [6.07, 6.45) is 0.395. The number of ether oxygens (including phenoxy) is 1. The number of aliphatic carboxylic acids is 1. The zero-order chi connectivity index (χ0) is 13.7. The van der Waals surface area contributed by atoms with Gasteiger partial charge >= 0.3 is 5.97 Å². The summed E-state index contributed by atoms with van der Waals surface area (Å²) in [4.78, 5) is 12.6. The molecule has 1 N–H and O–H groups in total. The van der Waals surface area contributed by atoms with Gasteiger partial charge in [0.05, 0.1) is 13.2 Å². The summed E-state index contributed by atoms with van der Waals surface area (Å²) in [6, 6.07) is 5.00. The maximum atomic E-state index is 13.9. The summed E-state index contributed by atoms with van der Waals surface area (Å²) in [6.45, 7) is 3.60. The van der Waals surface area contributed by atoms with Crippen LogP contribution in [0.3, 0.4) is 0 Å². The molecule has 1 aromatic rings.